The van der Waals surface area contributed by atoms with E-state index in [9.17, 15) is 4.79 Å². The number of hydrogen-bond donors (Lipinski definition) is 1. The normalized spacial score (nSPS) is 23.2. The molecule has 0 spiro atoms. The third kappa shape index (κ3) is 2.02. The fourth-order valence-electron chi connectivity index (χ4n) is 1.94. The topological polar surface area (TPSA) is 17.1 Å². The molecule has 1 amide bonds. The van der Waals surface area contributed by atoms with Gasteiger partial charge in [0.05, 0.1) is 19.6 Å². The molecule has 1 saturated heterocycles. The number of carbonyl (C=O) groups excluding carboxylic acids is 1. The molecular weight excluding hydrogens is 170 g/mol. The summed E-state index contributed by atoms with van der Waals surface area (Å²) in [6, 6.07) is 0. The highest BCUT2D eigenvalue weighted by Crippen LogP contribution is 2.20. The molecule has 0 atom stereocenters. The van der Waals surface area contributed by atoms with Crippen LogP contribution >= 0.6 is 12.6 Å². The van der Waals surface area contributed by atoms with Gasteiger partial charge < -0.3 is 0 Å². The van der Waals surface area contributed by atoms with E-state index in [4.69, 9.17) is 0 Å². The van der Waals surface area contributed by atoms with E-state index in [0.29, 0.717) is 4.48 Å². The molecule has 70 valence electrons. The lowest BCUT2D eigenvalue weighted by Gasteiger charge is -2.31. The number of carbonyl (C=O) groups is 1. The minimum Gasteiger partial charge on any atom is -0.251 e. The predicted octanol–water partition coefficient (Wildman–Crippen LogP) is 2.45. The van der Waals surface area contributed by atoms with Crippen LogP contribution < -0.4 is 0 Å². The molecular formula is C9H18NOS+. The quantitative estimate of drug-likeness (QED) is 0.494. The minimum absolute atomic E-state index is 0.0550. The van der Waals surface area contributed by atoms with Crippen molar-refractivity contribution in [3.63, 3.8) is 0 Å². The van der Waals surface area contributed by atoms with E-state index in [1.807, 2.05) is 0 Å². The Morgan fingerprint density at radius 2 is 1.75 bits per heavy atom. The molecule has 3 heteroatoms. The van der Waals surface area contributed by atoms with Gasteiger partial charge in [0.2, 0.25) is 0 Å². The second kappa shape index (κ2) is 4.28. The minimum atomic E-state index is 0.0550. The largest absolute Gasteiger partial charge is 0.372 e. The Kier molecular flexibility index (Phi) is 3.59. The van der Waals surface area contributed by atoms with Crippen LogP contribution in [0, 0.1) is 0 Å². The van der Waals surface area contributed by atoms with Gasteiger partial charge >= 0.3 is 5.24 Å². The van der Waals surface area contributed by atoms with Gasteiger partial charge in [0.1, 0.15) is 0 Å². The van der Waals surface area contributed by atoms with Gasteiger partial charge in [0, 0.05) is 0 Å². The first-order chi connectivity index (χ1) is 5.71. The molecule has 1 heterocycles. The van der Waals surface area contributed by atoms with Crippen LogP contribution in [0.2, 0.25) is 0 Å². The summed E-state index contributed by atoms with van der Waals surface area (Å²) in [6.07, 6.45) is 4.92. The number of rotatable bonds is 1. The van der Waals surface area contributed by atoms with Crippen molar-refractivity contribution in [3.05, 3.63) is 0 Å². The second-order valence-corrected chi connectivity index (χ2v) is 3.99. The fraction of sp³-hybridized carbons (Fsp3) is 0.889. The van der Waals surface area contributed by atoms with Crippen LogP contribution in [-0.4, -0.2) is 29.4 Å². The van der Waals surface area contributed by atoms with Crippen molar-refractivity contribution in [3.8, 4) is 0 Å². The molecule has 1 fully saturated rings. The summed E-state index contributed by atoms with van der Waals surface area (Å²) < 4.78 is 0.600. The lowest BCUT2D eigenvalue weighted by Crippen LogP contribution is -2.50. The van der Waals surface area contributed by atoms with Crippen molar-refractivity contribution in [1.29, 1.82) is 0 Å². The molecule has 0 bridgehead atoms. The molecule has 0 unspecified atom stereocenters. The van der Waals surface area contributed by atoms with Gasteiger partial charge in [0.15, 0.2) is 0 Å². The zero-order chi connectivity index (χ0) is 9.03. The lowest BCUT2D eigenvalue weighted by atomic mass is 10.2. The second-order valence-electron chi connectivity index (χ2n) is 3.61. The summed E-state index contributed by atoms with van der Waals surface area (Å²) in [7, 11) is 0. The average molecular weight is 188 g/mol. The summed E-state index contributed by atoms with van der Waals surface area (Å²) in [5.41, 5.74) is 0. The highest BCUT2D eigenvalue weighted by molar-refractivity contribution is 7.96. The van der Waals surface area contributed by atoms with E-state index in [-0.39, 0.29) is 5.24 Å². The van der Waals surface area contributed by atoms with Gasteiger partial charge in [-0.1, -0.05) is 0 Å². The molecule has 0 radical (unpaired) electrons. The van der Waals surface area contributed by atoms with Crippen LogP contribution in [0.5, 0.6) is 0 Å². The maximum Gasteiger partial charge on any atom is 0.372 e. The van der Waals surface area contributed by atoms with E-state index in [1.54, 1.807) is 0 Å². The van der Waals surface area contributed by atoms with Crippen LogP contribution in [-0.2, 0) is 0 Å². The molecule has 12 heavy (non-hydrogen) atoms. The Labute approximate surface area is 79.9 Å². The van der Waals surface area contributed by atoms with Gasteiger partial charge in [0.25, 0.3) is 0 Å². The number of hydrogen-bond acceptors (Lipinski definition) is 1. The van der Waals surface area contributed by atoms with E-state index in [1.165, 1.54) is 25.7 Å². The van der Waals surface area contributed by atoms with Crippen molar-refractivity contribution in [2.24, 2.45) is 0 Å². The highest BCUT2D eigenvalue weighted by Gasteiger charge is 2.32. The SMILES string of the molecule is CC[N+]1(C(=O)S)CCCCCC1. The van der Waals surface area contributed by atoms with Gasteiger partial charge in [-0.3, -0.25) is 4.48 Å². The number of amides is 1. The Bertz CT molecular complexity index is 162. The van der Waals surface area contributed by atoms with E-state index in [0.717, 1.165) is 19.6 Å². The Balaban J connectivity index is 2.68. The third-order valence-corrected chi connectivity index (χ3v) is 3.36. The Hall–Kier alpha value is -0.0200. The van der Waals surface area contributed by atoms with Crippen molar-refractivity contribution in [2.45, 2.75) is 32.6 Å². The first kappa shape index (κ1) is 10.1. The van der Waals surface area contributed by atoms with Crippen molar-refractivity contribution < 1.29 is 9.28 Å². The Morgan fingerprint density at radius 3 is 2.08 bits per heavy atom. The molecule has 0 aliphatic carbocycles. The van der Waals surface area contributed by atoms with Gasteiger partial charge in [-0.15, -0.1) is 0 Å². The van der Waals surface area contributed by atoms with Crippen LogP contribution in [0.1, 0.15) is 32.6 Å². The third-order valence-electron chi connectivity index (χ3n) is 2.93. The summed E-state index contributed by atoms with van der Waals surface area (Å²) >= 11 is 3.99. The van der Waals surface area contributed by atoms with Crippen molar-refractivity contribution in [1.82, 2.24) is 0 Å². The fourth-order valence-corrected chi connectivity index (χ4v) is 2.28. The summed E-state index contributed by atoms with van der Waals surface area (Å²) in [5.74, 6) is 0. The molecule has 0 aromatic heterocycles. The monoisotopic (exact) mass is 188 g/mol. The first-order valence-corrected chi connectivity index (χ1v) is 5.25. The first-order valence-electron chi connectivity index (χ1n) is 4.81. The highest BCUT2D eigenvalue weighted by atomic mass is 32.1. The number of quaternary nitrogens is 1. The van der Waals surface area contributed by atoms with Gasteiger partial charge in [-0.2, -0.15) is 0 Å². The van der Waals surface area contributed by atoms with Gasteiger partial charge in [-0.25, -0.2) is 4.79 Å². The summed E-state index contributed by atoms with van der Waals surface area (Å²) in [6.45, 7) is 4.99. The van der Waals surface area contributed by atoms with E-state index < -0.39 is 0 Å². The zero-order valence-electron chi connectivity index (χ0n) is 7.75. The Morgan fingerprint density at radius 1 is 1.25 bits per heavy atom. The maximum atomic E-state index is 11.3. The van der Waals surface area contributed by atoms with E-state index in [2.05, 4.69) is 19.6 Å². The van der Waals surface area contributed by atoms with Crippen LogP contribution in [0.4, 0.5) is 4.79 Å². The molecule has 1 aliphatic heterocycles. The number of likely N-dealkylation sites (tertiary alicyclic amines) is 1. The van der Waals surface area contributed by atoms with Crippen LogP contribution in [0.15, 0.2) is 0 Å². The van der Waals surface area contributed by atoms with Crippen molar-refractivity contribution >= 4 is 17.9 Å². The summed E-state index contributed by atoms with van der Waals surface area (Å²) in [4.78, 5) is 11.3. The molecule has 2 nitrogen and oxygen atoms in total. The molecule has 1 rings (SSSR count). The lowest BCUT2D eigenvalue weighted by molar-refractivity contribution is -0.841. The van der Waals surface area contributed by atoms with E-state index >= 15 is 0 Å². The predicted molar refractivity (Wildman–Crippen MR) is 53.4 cm³/mol. The van der Waals surface area contributed by atoms with Crippen LogP contribution in [0.3, 0.4) is 0 Å². The van der Waals surface area contributed by atoms with Crippen LogP contribution in [0.25, 0.3) is 0 Å². The smallest absolute Gasteiger partial charge is 0.251 e. The standard InChI is InChI=1S/C9H17NOS/c1-2-10(9(11)12)7-5-3-4-6-8-10/h2-8H2,1H3/p+1. The zero-order valence-corrected chi connectivity index (χ0v) is 8.65. The van der Waals surface area contributed by atoms with Crippen molar-refractivity contribution in [2.75, 3.05) is 19.6 Å². The maximum absolute atomic E-state index is 11.3. The average Bonchev–Trinajstić information content (AvgIpc) is 2.29. The molecule has 0 saturated carbocycles. The van der Waals surface area contributed by atoms with Gasteiger partial charge in [-0.05, 0) is 45.2 Å². The number of nitrogens with zero attached hydrogens (tertiary/aromatic N) is 1. The molecule has 0 N–H and O–H groups in total. The molecule has 0 aromatic carbocycles. The number of thiol groups is 1. The molecule has 1 aliphatic rings. The molecule has 0 aromatic rings. The summed E-state index contributed by atoms with van der Waals surface area (Å²) in [5, 5.41) is 0.0550.